The lowest BCUT2D eigenvalue weighted by molar-refractivity contribution is -0.137. The van der Waals surface area contributed by atoms with E-state index in [1.807, 2.05) is 73.3 Å². The van der Waals surface area contributed by atoms with Gasteiger partial charge in [0, 0.05) is 182 Å². The average molecular weight is 2070 g/mol. The van der Waals surface area contributed by atoms with Gasteiger partial charge in [-0.1, -0.05) is 54.1 Å². The molecule has 0 spiro atoms. The highest BCUT2D eigenvalue weighted by Gasteiger charge is 2.38. The molecular formula is C94H104ClF2N19O15S8. The fourth-order valence-corrected chi connectivity index (χ4v) is 24.3. The number of anilines is 9. The van der Waals surface area contributed by atoms with Crippen LogP contribution in [-0.2, 0) is 94.8 Å². The fourth-order valence-electron chi connectivity index (χ4n) is 16.9. The van der Waals surface area contributed by atoms with Crippen molar-refractivity contribution in [2.45, 2.75) is 90.3 Å². The summed E-state index contributed by atoms with van der Waals surface area (Å²) in [6.07, 6.45) is 12.7. The van der Waals surface area contributed by atoms with Crippen molar-refractivity contribution in [1.29, 1.82) is 0 Å². The van der Waals surface area contributed by atoms with Crippen molar-refractivity contribution in [2.24, 2.45) is 0 Å². The number of para-hydroxylation sites is 2. The van der Waals surface area contributed by atoms with E-state index >= 15 is 0 Å². The van der Waals surface area contributed by atoms with Crippen LogP contribution in [-0.4, -0.2) is 217 Å². The first-order valence-electron chi connectivity index (χ1n) is 43.8. The van der Waals surface area contributed by atoms with Gasteiger partial charge in [-0.2, -0.15) is 0 Å². The Kier molecular flexibility index (Phi) is 30.8. The molecule has 11 heterocycles. The summed E-state index contributed by atoms with van der Waals surface area (Å²) in [5, 5.41) is 13.2. The molecule has 5 N–H and O–H groups in total. The predicted molar refractivity (Wildman–Crippen MR) is 545 cm³/mol. The monoisotopic (exact) mass is 2070 g/mol. The largest absolute Gasteiger partial charge is 0.496 e. The molecule has 4 fully saturated rings. The van der Waals surface area contributed by atoms with E-state index in [4.69, 9.17) is 16.3 Å². The van der Waals surface area contributed by atoms with Gasteiger partial charge in [-0.05, 0) is 196 Å². The van der Waals surface area contributed by atoms with Crippen molar-refractivity contribution in [3.05, 3.63) is 275 Å². The first-order valence-corrected chi connectivity index (χ1v) is 53.7. The van der Waals surface area contributed by atoms with E-state index in [0.29, 0.717) is 108 Å². The number of hydrogen-bond acceptors (Lipinski definition) is 26. The minimum absolute atomic E-state index is 0. The summed E-state index contributed by atoms with van der Waals surface area (Å²) in [6.45, 7) is 8.82. The molecule has 0 radical (unpaired) electrons. The number of halogens is 3. The van der Waals surface area contributed by atoms with E-state index in [0.717, 1.165) is 59.4 Å². The lowest BCUT2D eigenvalue weighted by Gasteiger charge is -2.41. The summed E-state index contributed by atoms with van der Waals surface area (Å²) < 4.78 is 147. The van der Waals surface area contributed by atoms with Gasteiger partial charge >= 0.3 is 0 Å². The zero-order chi connectivity index (χ0) is 97.9. The molecule has 6 amide bonds. The maximum absolute atomic E-state index is 14.3. The molecule has 45 heteroatoms. The van der Waals surface area contributed by atoms with Crippen LogP contribution in [0, 0.1) is 11.6 Å². The van der Waals surface area contributed by atoms with Gasteiger partial charge in [0.05, 0.1) is 43.8 Å². The average Bonchev–Trinajstić information content (AvgIpc) is 1.58. The summed E-state index contributed by atoms with van der Waals surface area (Å²) in [7, 11) is -13.4. The Bertz CT molecular complexity index is 7280. The Balaban J connectivity index is 0.000000181. The number of piperazine rings is 3. The number of amides is 6. The fraction of sp³-hybridized carbons (Fsp3) is 0.255. The maximum atomic E-state index is 14.3. The van der Waals surface area contributed by atoms with E-state index < -0.39 is 46.1 Å². The van der Waals surface area contributed by atoms with Crippen molar-refractivity contribution in [2.75, 3.05) is 129 Å². The summed E-state index contributed by atoms with van der Waals surface area (Å²) >= 11 is 11.2. The zero-order valence-electron chi connectivity index (χ0n) is 74.9. The Labute approximate surface area is 829 Å². The summed E-state index contributed by atoms with van der Waals surface area (Å²) in [6, 6.07) is 50.9. The number of carbonyl (C=O) groups is 6. The highest BCUT2D eigenvalue weighted by molar-refractivity contribution is 7.94. The molecule has 8 aromatic carbocycles. The van der Waals surface area contributed by atoms with Gasteiger partial charge in [0.25, 0.3) is 40.1 Å². The number of methoxy groups -OCH3 is 1. The highest BCUT2D eigenvalue weighted by atomic mass is 35.5. The second-order valence-electron chi connectivity index (χ2n) is 32.6. The molecule has 0 saturated carbocycles. The predicted octanol–water partition coefficient (Wildman–Crippen LogP) is 14.4. The molecule has 34 nitrogen and oxygen atoms in total. The highest BCUT2D eigenvalue weighted by Crippen LogP contribution is 2.37. The van der Waals surface area contributed by atoms with E-state index in [1.54, 1.807) is 150 Å². The van der Waals surface area contributed by atoms with Crippen LogP contribution in [0.5, 0.6) is 5.75 Å². The normalized spacial score (nSPS) is 16.1. The van der Waals surface area contributed by atoms with Crippen LogP contribution < -0.4 is 53.4 Å². The van der Waals surface area contributed by atoms with Crippen molar-refractivity contribution >= 4 is 203 Å². The van der Waals surface area contributed by atoms with Crippen molar-refractivity contribution in [3.63, 3.8) is 0 Å². The number of nitrogens with one attached hydrogen (secondary N) is 5. The van der Waals surface area contributed by atoms with Gasteiger partial charge in [0.1, 0.15) is 49.6 Å². The number of carbonyl (C=O) groups excluding carboxylic acids is 6. The quantitative estimate of drug-likeness (QED) is 0.0319. The third-order valence-electron chi connectivity index (χ3n) is 23.9. The second-order valence-corrected chi connectivity index (χ2v) is 43.3. The number of benzene rings is 8. The number of aromatic nitrogens is 6. The van der Waals surface area contributed by atoms with Crippen LogP contribution in [0.15, 0.2) is 266 Å². The van der Waals surface area contributed by atoms with Crippen LogP contribution in [0.2, 0.25) is 5.02 Å². The third kappa shape index (κ3) is 23.3. The van der Waals surface area contributed by atoms with Gasteiger partial charge in [0.2, 0.25) is 35.4 Å². The molecule has 139 heavy (non-hydrogen) atoms. The van der Waals surface area contributed by atoms with Crippen LogP contribution in [0.3, 0.4) is 0 Å². The van der Waals surface area contributed by atoms with Gasteiger partial charge in [0.15, 0.2) is 20.5 Å². The summed E-state index contributed by atoms with van der Waals surface area (Å²) in [5.41, 5.74) is 6.86. The first-order chi connectivity index (χ1) is 66.8. The van der Waals surface area contributed by atoms with E-state index in [1.165, 1.54) is 128 Å². The number of thiazole rings is 4. The van der Waals surface area contributed by atoms with E-state index in [-0.39, 0.29) is 129 Å². The van der Waals surface area contributed by atoms with E-state index in [9.17, 15) is 71.2 Å². The molecule has 5 aliphatic heterocycles. The molecule has 2 unspecified atom stereocenters. The second kappa shape index (κ2) is 43.4. The van der Waals surface area contributed by atoms with Gasteiger partial charge in [-0.15, -0.1) is 45.3 Å². The summed E-state index contributed by atoms with van der Waals surface area (Å²) in [5.74, 6) is -0.761. The topological polar surface area (TPSA) is 396 Å². The van der Waals surface area contributed by atoms with Gasteiger partial charge < -0.3 is 58.4 Å². The molecule has 14 aromatic rings. The maximum Gasteiger partial charge on any atom is 0.263 e. The number of ether oxygens (including phenoxy) is 1. The zero-order valence-corrected chi connectivity index (χ0v) is 82.2. The number of fused-ring (bicyclic) bond motifs is 3. The van der Waals surface area contributed by atoms with Gasteiger partial charge in [-0.25, -0.2) is 62.4 Å². The molecule has 6 aromatic heterocycles. The number of nitrogens with zero attached hydrogens (tertiary/aromatic N) is 14. The van der Waals surface area contributed by atoms with Gasteiger partial charge in [-0.3, -0.25) is 47.7 Å². The van der Waals surface area contributed by atoms with Crippen LogP contribution >= 0.6 is 56.9 Å². The molecule has 0 bridgehead atoms. The molecular weight excluding hydrogens is 1970 g/mol. The number of hydrogen-bond donors (Lipinski definition) is 5. The van der Waals surface area contributed by atoms with Crippen molar-refractivity contribution < 1.29 is 83.1 Å². The van der Waals surface area contributed by atoms with Crippen LogP contribution in [0.1, 0.15) is 44.9 Å². The summed E-state index contributed by atoms with van der Waals surface area (Å²) in [4.78, 5) is 108. The molecule has 5 aliphatic rings. The first kappa shape index (κ1) is 98.7. The SMILES string of the molecule is CC1CN(c2ccc(S(=O)(=O)Nc3nccs3)cc2)CCN1C(=O)Cn1ccc2cccc(F)c21.COc1ccccc1CCNC1CCN(c2ccc(S(=O)(=O)Nc3nccs3)cc2)C1=O.C[C@H](C(=O)N1CCN(c2ccc(S(=O)(=O)Nc3nccs3)cc2)C(=O)C1)N1CCCc2c(Cl)cccc21.O=C(Cn1ccc2c(F)cccc21)N1CCN(c2ccc(S(=O)(=O)Nc3nccs3)cc2)C(=O)C1.[HH].[HH].[HH].[HH].[HH]. The van der Waals surface area contributed by atoms with Crippen molar-refractivity contribution in [3.8, 4) is 5.75 Å². The molecule has 3 atom stereocenters. The number of sulfonamides is 4. The molecule has 19 rings (SSSR count). The minimum atomic E-state index is -3.79. The molecule has 734 valence electrons. The van der Waals surface area contributed by atoms with E-state index in [2.05, 4.69) is 53.9 Å². The van der Waals surface area contributed by atoms with Crippen molar-refractivity contribution in [1.82, 2.24) is 49.1 Å². The lowest BCUT2D eigenvalue weighted by atomic mass is 9.99. The number of rotatable bonds is 27. The Morgan fingerprint density at radius 2 is 1.01 bits per heavy atom. The smallest absolute Gasteiger partial charge is 0.263 e. The molecule has 0 aliphatic carbocycles. The lowest BCUT2D eigenvalue weighted by Crippen LogP contribution is -2.57. The minimum Gasteiger partial charge on any atom is -0.496 e. The Hall–Kier alpha value is -13.3. The molecule has 4 saturated heterocycles. The Morgan fingerprint density at radius 1 is 0.518 bits per heavy atom. The van der Waals surface area contributed by atoms with Crippen LogP contribution in [0.25, 0.3) is 21.8 Å². The Morgan fingerprint density at radius 3 is 1.53 bits per heavy atom. The van der Waals surface area contributed by atoms with Crippen LogP contribution in [0.4, 0.5) is 57.7 Å². The third-order valence-corrected chi connectivity index (χ3v) is 33.0. The standard InChI is InChI=1S/C25H26ClN5O4S2.C24H24FN5O3S2.C23H20FN5O4S2.C22H24N4O4S2.5H2/c1-17(30-12-3-4-20-21(26)5-2-6-22(20)30)24(33)29-13-14-31(23(32)16-29)18-7-9-19(10-8-18)37(34,35)28-25-27-11-15-36-25;1-17-15-28(19-5-7-20(8-6-19)35(32,33)27-24-26-10-14-34-24)12-13-30(17)22(31)16-29-11-9-18-3-2-4-21(25)23(18)29;24-19-2-1-3-20-18(19)8-10-27(20)14-21(30)28-11-12-29(22(31)15-28)16-4-6-17(7-5-16)35(32,33)26-23-25-9-13-34-23;1-30-20-5-3-2-4-16(20)10-12-23-19-11-14-26(21(19)27)17-6-8-18(9-7-17)32(28,29)25-22-24-13-15-31-22;;;;;/h2,5-11,15,17H,3-4,12-14,16H2,1H3,(H,27,28);2-11,14,17H,12-13,15-16H2,1H3,(H,26,27);1-10,13H,11-12,14-15H2,(H,25,26);2-9,13,15,19,23H,10-12,14H2,1H3,(H,24,25);5*1H/t17-;;;;;;;;/m1......../s1.